The Hall–Kier alpha value is -0.690. The highest BCUT2D eigenvalue weighted by Gasteiger charge is 2.49. The topological polar surface area (TPSA) is 35.5 Å². The Bertz CT molecular complexity index is 921. The molecule has 0 aromatic heterocycles. The van der Waals surface area contributed by atoms with Gasteiger partial charge in [-0.2, -0.15) is 13.2 Å². The Morgan fingerprint density at radius 3 is 2.40 bits per heavy atom. The van der Waals surface area contributed by atoms with Crippen LogP contribution in [0.3, 0.4) is 0 Å². The summed E-state index contributed by atoms with van der Waals surface area (Å²) in [5.41, 5.74) is 3.05. The molecular weight excluding hydrogens is 500 g/mol. The zero-order chi connectivity index (χ0) is 22.4. The third kappa shape index (κ3) is 5.03. The molecule has 1 aromatic carbocycles. The third-order valence-electron chi connectivity index (χ3n) is 5.83. The molecule has 3 rings (SSSR count). The number of fused-ring (bicyclic) bond motifs is 1. The van der Waals surface area contributed by atoms with Gasteiger partial charge in [0.05, 0.1) is 5.57 Å². The van der Waals surface area contributed by atoms with Gasteiger partial charge in [0.25, 0.3) is 0 Å². The van der Waals surface area contributed by atoms with Gasteiger partial charge in [0.2, 0.25) is 6.49 Å². The van der Waals surface area contributed by atoms with Gasteiger partial charge in [-0.15, -0.1) is 0 Å². The van der Waals surface area contributed by atoms with E-state index in [1.807, 2.05) is 26.0 Å². The molecule has 2 aliphatic carbocycles. The molecule has 1 aromatic rings. The molecule has 0 heterocycles. The molecule has 166 valence electrons. The number of rotatable bonds is 5. The van der Waals surface area contributed by atoms with E-state index in [9.17, 15) is 18.0 Å². The highest BCUT2D eigenvalue weighted by atomic mass is 79.9. The molecule has 4 atom stereocenters. The minimum Gasteiger partial charge on any atom is -0.447 e. The van der Waals surface area contributed by atoms with E-state index in [0.29, 0.717) is 11.3 Å². The number of carbonyl (C=O) groups is 1. The molecule has 9 heteroatoms. The lowest BCUT2D eigenvalue weighted by Gasteiger charge is -2.32. The van der Waals surface area contributed by atoms with Gasteiger partial charge < -0.3 is 9.05 Å². The molecule has 1 fully saturated rings. The van der Waals surface area contributed by atoms with Crippen LogP contribution in [-0.4, -0.2) is 25.2 Å². The quantitative estimate of drug-likeness (QED) is 0.390. The van der Waals surface area contributed by atoms with Crippen LogP contribution < -0.4 is 0 Å². The number of benzene rings is 1. The Morgan fingerprint density at radius 2 is 1.83 bits per heavy atom. The van der Waals surface area contributed by atoms with Crippen LogP contribution in [0.2, 0.25) is 0 Å². The number of aryl methyl sites for hydroxylation is 2. The van der Waals surface area contributed by atoms with Crippen LogP contribution in [0.1, 0.15) is 42.9 Å². The van der Waals surface area contributed by atoms with Crippen molar-refractivity contribution in [3.63, 3.8) is 0 Å². The number of ketones is 1. The summed E-state index contributed by atoms with van der Waals surface area (Å²) < 4.78 is 50.0. The van der Waals surface area contributed by atoms with E-state index < -0.39 is 19.3 Å². The first-order valence-electron chi connectivity index (χ1n) is 9.84. The molecule has 0 aliphatic heterocycles. The average molecular weight is 525 g/mol. The first-order valence-corrected chi connectivity index (χ1v) is 13.7. The van der Waals surface area contributed by atoms with Gasteiger partial charge >= 0.3 is 6.18 Å². The van der Waals surface area contributed by atoms with E-state index >= 15 is 0 Å². The van der Waals surface area contributed by atoms with Crippen LogP contribution in [0.15, 0.2) is 22.4 Å². The third-order valence-corrected chi connectivity index (χ3v) is 7.95. The predicted molar refractivity (Wildman–Crippen MR) is 119 cm³/mol. The molecular formula is C21H25BrF3O3PS. The van der Waals surface area contributed by atoms with Gasteiger partial charge in [-0.25, -0.2) is 0 Å². The second kappa shape index (κ2) is 8.68. The molecule has 4 unspecified atom stereocenters. The van der Waals surface area contributed by atoms with Crippen LogP contribution in [0.5, 0.6) is 0 Å². The van der Waals surface area contributed by atoms with Crippen molar-refractivity contribution in [2.45, 2.75) is 46.2 Å². The number of halogens is 4. The summed E-state index contributed by atoms with van der Waals surface area (Å²) in [6.07, 6.45) is -1.86. The van der Waals surface area contributed by atoms with E-state index in [-0.39, 0.29) is 23.5 Å². The van der Waals surface area contributed by atoms with E-state index in [1.165, 1.54) is 6.66 Å². The van der Waals surface area contributed by atoms with Crippen molar-refractivity contribution in [2.24, 2.45) is 17.8 Å². The second-order valence-corrected chi connectivity index (χ2v) is 13.2. The molecule has 1 saturated carbocycles. The lowest BCUT2D eigenvalue weighted by molar-refractivity contribution is -0.153. The number of alkyl halides is 3. The highest BCUT2D eigenvalue weighted by Crippen LogP contribution is 2.57. The summed E-state index contributed by atoms with van der Waals surface area (Å²) in [7, 11) is 0. The maximum Gasteiger partial charge on any atom is 0.412 e. The van der Waals surface area contributed by atoms with E-state index in [1.54, 1.807) is 0 Å². The fraction of sp³-hybridized carbons (Fsp3) is 0.571. The van der Waals surface area contributed by atoms with Crippen LogP contribution in [0.4, 0.5) is 13.2 Å². The van der Waals surface area contributed by atoms with Crippen molar-refractivity contribution in [3.8, 4) is 0 Å². The Balaban J connectivity index is 2.10. The largest absolute Gasteiger partial charge is 0.447 e. The maximum absolute atomic E-state index is 13.6. The monoisotopic (exact) mass is 524 g/mol. The van der Waals surface area contributed by atoms with Gasteiger partial charge in [0.1, 0.15) is 5.76 Å². The van der Waals surface area contributed by atoms with Gasteiger partial charge in [-0.05, 0) is 73.2 Å². The molecule has 0 amide bonds. The van der Waals surface area contributed by atoms with Crippen molar-refractivity contribution in [3.05, 3.63) is 39.1 Å². The van der Waals surface area contributed by atoms with Crippen LogP contribution in [-0.2, 0) is 25.6 Å². The fourth-order valence-electron chi connectivity index (χ4n) is 4.68. The summed E-state index contributed by atoms with van der Waals surface area (Å²) >= 11 is 8.79. The summed E-state index contributed by atoms with van der Waals surface area (Å²) in [5, 5.41) is 0. The molecule has 30 heavy (non-hydrogen) atoms. The Kier molecular flexibility index (Phi) is 6.94. The van der Waals surface area contributed by atoms with Crippen molar-refractivity contribution in [1.29, 1.82) is 0 Å². The van der Waals surface area contributed by atoms with Crippen LogP contribution in [0.25, 0.3) is 5.57 Å². The van der Waals surface area contributed by atoms with Crippen molar-refractivity contribution in [2.75, 3.05) is 13.3 Å². The summed E-state index contributed by atoms with van der Waals surface area (Å²) in [6, 6.07) is 3.85. The van der Waals surface area contributed by atoms with Crippen molar-refractivity contribution < 1.29 is 27.0 Å². The van der Waals surface area contributed by atoms with Crippen LogP contribution in [0, 0.1) is 31.6 Å². The molecule has 0 spiro atoms. The predicted octanol–water partition coefficient (Wildman–Crippen LogP) is 6.95. The minimum atomic E-state index is -4.49. The van der Waals surface area contributed by atoms with Gasteiger partial charge in [-0.3, -0.25) is 4.79 Å². The number of hydrogen-bond donors (Lipinski definition) is 0. The zero-order valence-corrected chi connectivity index (χ0v) is 20.6. The average Bonchev–Trinajstić information content (AvgIpc) is 2.85. The van der Waals surface area contributed by atoms with E-state index in [0.717, 1.165) is 40.4 Å². The minimum absolute atomic E-state index is 0.00143. The van der Waals surface area contributed by atoms with Gasteiger partial charge in [-0.1, -0.05) is 29.3 Å². The first kappa shape index (κ1) is 24.0. The molecule has 0 bridgehead atoms. The summed E-state index contributed by atoms with van der Waals surface area (Å²) in [6.45, 7) is 2.57. The lowest BCUT2D eigenvalue weighted by atomic mass is 9.73. The molecule has 0 N–H and O–H groups in total. The van der Waals surface area contributed by atoms with E-state index in [2.05, 4.69) is 22.9 Å². The second-order valence-electron chi connectivity index (χ2n) is 8.31. The maximum atomic E-state index is 13.6. The number of allylic oxidation sites excluding steroid dienone is 2. The van der Waals surface area contributed by atoms with Crippen molar-refractivity contribution >= 4 is 45.6 Å². The SMILES string of the molecule is Cc1cc(Br)cc(C)c1C1=C(OP(C)(=S)OCC(F)(F)F)C2CCCC(C)C2C1=O. The van der Waals surface area contributed by atoms with Gasteiger partial charge in [0.15, 0.2) is 12.4 Å². The Morgan fingerprint density at radius 1 is 1.23 bits per heavy atom. The molecule has 0 radical (unpaired) electrons. The zero-order valence-electron chi connectivity index (χ0n) is 17.3. The summed E-state index contributed by atoms with van der Waals surface area (Å²) in [4.78, 5) is 13.6. The summed E-state index contributed by atoms with van der Waals surface area (Å²) in [5.74, 6) is 0.202. The molecule has 3 nitrogen and oxygen atoms in total. The standard InChI is InChI=1S/C21H25BrF3O3PS/c1-11-6-5-7-15-17(11)19(26)18(16-12(2)8-14(22)9-13(16)3)20(15)28-29(4,30)27-10-21(23,24)25/h8-9,11,15,17H,5-7,10H2,1-4H3. The first-order chi connectivity index (χ1) is 13.8. The number of Topliss-reactive ketones (excluding diaryl/α,β-unsaturated/α-hetero) is 1. The van der Waals surface area contributed by atoms with Gasteiger partial charge in [0, 0.05) is 23.0 Å². The molecule has 0 saturated heterocycles. The number of carbonyl (C=O) groups excluding carboxylic acids is 1. The highest BCUT2D eigenvalue weighted by molar-refractivity contribution is 9.10. The molecule has 2 aliphatic rings. The fourth-order valence-corrected chi connectivity index (χ4v) is 6.79. The number of hydrogen-bond acceptors (Lipinski definition) is 4. The smallest absolute Gasteiger partial charge is 0.412 e. The lowest BCUT2D eigenvalue weighted by Crippen LogP contribution is -2.29. The Labute approximate surface area is 188 Å². The van der Waals surface area contributed by atoms with E-state index in [4.69, 9.17) is 20.9 Å². The van der Waals surface area contributed by atoms with Crippen molar-refractivity contribution in [1.82, 2.24) is 0 Å². The normalized spacial score (nSPS) is 26.5. The van der Waals surface area contributed by atoms with Crippen LogP contribution >= 0.6 is 22.4 Å².